The Kier molecular flexibility index (Phi) is 5.54. The maximum Gasteiger partial charge on any atom is 0.377 e. The van der Waals surface area contributed by atoms with Gasteiger partial charge in [-0.15, -0.1) is 11.3 Å². The molecule has 0 aliphatic carbocycles. The molecule has 3 aromatic rings. The van der Waals surface area contributed by atoms with E-state index >= 15 is 0 Å². The summed E-state index contributed by atoms with van der Waals surface area (Å²) in [6.45, 7) is 8.14. The summed E-state index contributed by atoms with van der Waals surface area (Å²) in [5, 5.41) is 11.6. The summed E-state index contributed by atoms with van der Waals surface area (Å²) >= 11 is 1.45. The molecule has 3 heterocycles. The van der Waals surface area contributed by atoms with Crippen LogP contribution < -0.4 is 19.3 Å². The van der Waals surface area contributed by atoms with E-state index < -0.39 is 0 Å². The van der Waals surface area contributed by atoms with E-state index in [-0.39, 0.29) is 5.56 Å². The van der Waals surface area contributed by atoms with Gasteiger partial charge >= 0.3 is 5.89 Å². The maximum absolute atomic E-state index is 13.0. The van der Waals surface area contributed by atoms with Crippen LogP contribution in [0.1, 0.15) is 26.7 Å². The third-order valence-electron chi connectivity index (χ3n) is 5.01. The maximum atomic E-state index is 13.0. The fourth-order valence-corrected chi connectivity index (χ4v) is 4.53. The lowest BCUT2D eigenvalue weighted by Gasteiger charge is -2.14. The van der Waals surface area contributed by atoms with Crippen molar-refractivity contribution < 1.29 is 8.98 Å². The molecular weight excluding hydrogens is 400 g/mol. The highest BCUT2D eigenvalue weighted by molar-refractivity contribution is 7.07. The average molecular weight is 426 g/mol. The van der Waals surface area contributed by atoms with Crippen molar-refractivity contribution in [1.82, 2.24) is 14.6 Å². The summed E-state index contributed by atoms with van der Waals surface area (Å²) in [5.41, 5.74) is 1.86. The Balaban J connectivity index is 1.85. The Bertz CT molecular complexity index is 1310. The van der Waals surface area contributed by atoms with Crippen LogP contribution in [0.2, 0.25) is 0 Å². The zero-order chi connectivity index (χ0) is 21.3. The molecule has 1 aliphatic heterocycles. The predicted molar refractivity (Wildman–Crippen MR) is 117 cm³/mol. The molecule has 2 aromatic heterocycles. The van der Waals surface area contributed by atoms with Crippen LogP contribution in [0.15, 0.2) is 55.8 Å². The molecule has 0 spiro atoms. The Morgan fingerprint density at radius 1 is 1.13 bits per heavy atom. The van der Waals surface area contributed by atoms with Crippen molar-refractivity contribution in [2.24, 2.45) is 10.4 Å². The smallest absolute Gasteiger partial charge is 0.377 e. The molecule has 1 aromatic carbocycles. The van der Waals surface area contributed by atoms with Gasteiger partial charge in [0, 0.05) is 26.2 Å². The van der Waals surface area contributed by atoms with Crippen molar-refractivity contribution in [2.75, 3.05) is 13.6 Å². The van der Waals surface area contributed by atoms with Gasteiger partial charge in [0.25, 0.3) is 11.1 Å². The SMILES string of the molecule is CCN1N=NN(C)C1=C/C=c1/sc(=Cc2oc3ccccc3[n+]2CC)n(CC)c1=O. The highest BCUT2D eigenvalue weighted by atomic mass is 32.1. The van der Waals surface area contributed by atoms with Gasteiger partial charge in [0.15, 0.2) is 0 Å². The van der Waals surface area contributed by atoms with Crippen molar-refractivity contribution in [3.8, 4) is 0 Å². The van der Waals surface area contributed by atoms with Crippen LogP contribution in [-0.2, 0) is 13.1 Å². The minimum Gasteiger partial charge on any atom is -0.398 e. The molecule has 0 atom stereocenters. The number of benzene rings is 1. The molecule has 0 saturated heterocycles. The van der Waals surface area contributed by atoms with Crippen LogP contribution in [0, 0.1) is 0 Å². The second kappa shape index (κ2) is 8.27. The van der Waals surface area contributed by atoms with E-state index in [1.165, 1.54) is 11.3 Å². The molecule has 156 valence electrons. The number of rotatable bonds is 5. The first-order valence-corrected chi connectivity index (χ1v) is 10.9. The predicted octanol–water partition coefficient (Wildman–Crippen LogP) is 1.98. The number of allylic oxidation sites excluding steroid dienone is 1. The molecular formula is C21H25N6O2S+. The monoisotopic (exact) mass is 425 g/mol. The molecule has 8 nitrogen and oxygen atoms in total. The van der Waals surface area contributed by atoms with Crippen LogP contribution in [0.25, 0.3) is 23.3 Å². The van der Waals surface area contributed by atoms with E-state index in [0.29, 0.717) is 17.6 Å². The summed E-state index contributed by atoms with van der Waals surface area (Å²) in [5.74, 6) is 1.57. The molecule has 0 saturated carbocycles. The zero-order valence-electron chi connectivity index (χ0n) is 17.6. The number of thiazole rings is 1. The van der Waals surface area contributed by atoms with E-state index in [1.807, 2.05) is 63.4 Å². The molecule has 1 aliphatic rings. The average Bonchev–Trinajstić information content (AvgIpc) is 3.39. The molecule has 0 fully saturated rings. The second-order valence-electron chi connectivity index (χ2n) is 6.76. The lowest BCUT2D eigenvalue weighted by molar-refractivity contribution is -0.674. The second-order valence-corrected chi connectivity index (χ2v) is 7.82. The van der Waals surface area contributed by atoms with Crippen molar-refractivity contribution in [3.05, 3.63) is 61.6 Å². The van der Waals surface area contributed by atoms with Crippen molar-refractivity contribution >= 4 is 34.6 Å². The van der Waals surface area contributed by atoms with Crippen LogP contribution >= 0.6 is 11.3 Å². The molecule has 0 radical (unpaired) electrons. The molecule has 30 heavy (non-hydrogen) atoms. The van der Waals surface area contributed by atoms with Crippen LogP contribution in [0.5, 0.6) is 0 Å². The summed E-state index contributed by atoms with van der Waals surface area (Å²) in [4.78, 5) is 13.0. The normalized spacial score (nSPS) is 16.7. The van der Waals surface area contributed by atoms with Gasteiger partial charge in [-0.05, 0) is 49.4 Å². The summed E-state index contributed by atoms with van der Waals surface area (Å²) in [7, 11) is 1.84. The van der Waals surface area contributed by atoms with Gasteiger partial charge < -0.3 is 4.42 Å². The molecule has 0 bridgehead atoms. The van der Waals surface area contributed by atoms with E-state index in [9.17, 15) is 4.79 Å². The summed E-state index contributed by atoms with van der Waals surface area (Å²) in [6.07, 6.45) is 5.68. The molecule has 0 N–H and O–H groups in total. The standard InChI is InChI=1S/C21H25N6O2S/c1-5-25-15-10-8-9-11-16(15)29-19(25)14-20-26(6-2)21(28)17(30-20)12-13-18-24(4)22-23-27(18)7-3/h8-14H,5-7H2,1-4H3/q+1/b17-12+,18-13?. The quantitative estimate of drug-likeness (QED) is 0.586. The summed E-state index contributed by atoms with van der Waals surface area (Å²) < 4.78 is 11.5. The van der Waals surface area contributed by atoms with Gasteiger partial charge in [0.05, 0.1) is 10.6 Å². The first-order valence-electron chi connectivity index (χ1n) is 10.0. The van der Waals surface area contributed by atoms with E-state index in [1.54, 1.807) is 14.6 Å². The van der Waals surface area contributed by atoms with Crippen molar-refractivity contribution in [3.63, 3.8) is 0 Å². The first-order chi connectivity index (χ1) is 14.6. The lowest BCUT2D eigenvalue weighted by Crippen LogP contribution is -2.35. The van der Waals surface area contributed by atoms with Gasteiger partial charge in [-0.25, -0.2) is 10.0 Å². The van der Waals surface area contributed by atoms with Gasteiger partial charge in [-0.1, -0.05) is 12.1 Å². The summed E-state index contributed by atoms with van der Waals surface area (Å²) in [6, 6.07) is 7.96. The van der Waals surface area contributed by atoms with Gasteiger partial charge in [0.2, 0.25) is 5.58 Å². The van der Waals surface area contributed by atoms with Gasteiger partial charge in [0.1, 0.15) is 17.0 Å². The number of hydrogen-bond donors (Lipinski definition) is 0. The molecule has 9 heteroatoms. The Morgan fingerprint density at radius 3 is 2.67 bits per heavy atom. The number of oxazole rings is 1. The molecule has 4 rings (SSSR count). The highest BCUT2D eigenvalue weighted by Gasteiger charge is 2.20. The number of aromatic nitrogens is 2. The minimum atomic E-state index is -0.0117. The minimum absolute atomic E-state index is 0.0117. The highest BCUT2D eigenvalue weighted by Crippen LogP contribution is 2.17. The number of para-hydroxylation sites is 2. The number of aryl methyl sites for hydroxylation is 1. The van der Waals surface area contributed by atoms with Gasteiger partial charge in [-0.3, -0.25) is 9.36 Å². The first kappa shape index (κ1) is 20.1. The number of fused-ring (bicyclic) bond motifs is 1. The van der Waals surface area contributed by atoms with Crippen molar-refractivity contribution in [1.29, 1.82) is 0 Å². The largest absolute Gasteiger partial charge is 0.398 e. The number of hydrogen-bond acceptors (Lipinski definition) is 7. The van der Waals surface area contributed by atoms with Crippen LogP contribution in [-0.4, -0.2) is 28.2 Å². The lowest BCUT2D eigenvalue weighted by atomic mass is 10.3. The van der Waals surface area contributed by atoms with Crippen molar-refractivity contribution in [2.45, 2.75) is 33.9 Å². The van der Waals surface area contributed by atoms with Crippen LogP contribution in [0.3, 0.4) is 0 Å². The van der Waals surface area contributed by atoms with E-state index in [2.05, 4.69) is 21.9 Å². The molecule has 0 unspecified atom stereocenters. The van der Waals surface area contributed by atoms with E-state index in [0.717, 1.165) is 34.0 Å². The fourth-order valence-electron chi connectivity index (χ4n) is 3.49. The Labute approximate surface area is 177 Å². The Hall–Kier alpha value is -3.20. The van der Waals surface area contributed by atoms with Gasteiger partial charge in [-0.2, -0.15) is 4.57 Å². The number of nitrogens with zero attached hydrogens (tertiary/aromatic N) is 6. The van der Waals surface area contributed by atoms with Crippen LogP contribution in [0.4, 0.5) is 0 Å². The topological polar surface area (TPSA) is 70.2 Å². The van der Waals surface area contributed by atoms with E-state index in [4.69, 9.17) is 4.42 Å². The Morgan fingerprint density at radius 2 is 1.93 bits per heavy atom. The molecule has 0 amide bonds. The fraction of sp³-hybridized carbons (Fsp3) is 0.333. The zero-order valence-corrected chi connectivity index (χ0v) is 18.4. The third-order valence-corrected chi connectivity index (χ3v) is 6.09. The third kappa shape index (κ3) is 3.45.